The van der Waals surface area contributed by atoms with Crippen LogP contribution in [-0.2, 0) is 4.79 Å². The molecule has 0 aromatic heterocycles. The van der Waals surface area contributed by atoms with Crippen LogP contribution in [0.15, 0.2) is 60.7 Å². The highest BCUT2D eigenvalue weighted by atomic mass is 35.5. The third-order valence-electron chi connectivity index (χ3n) is 5.60. The minimum atomic E-state index is -0.917. The van der Waals surface area contributed by atoms with Gasteiger partial charge in [0.15, 0.2) is 0 Å². The monoisotopic (exact) mass is 545 g/mol. The summed E-state index contributed by atoms with van der Waals surface area (Å²) in [6.45, 7) is 0.764. The molecule has 1 unspecified atom stereocenters. The Labute approximate surface area is 223 Å². The summed E-state index contributed by atoms with van der Waals surface area (Å²) in [6, 6.07) is 15.1. The third kappa shape index (κ3) is 6.32. The molecule has 1 heterocycles. The fourth-order valence-electron chi connectivity index (χ4n) is 3.74. The van der Waals surface area contributed by atoms with Gasteiger partial charge in [-0.3, -0.25) is 9.59 Å². The zero-order valence-corrected chi connectivity index (χ0v) is 21.2. The third-order valence-corrected chi connectivity index (χ3v) is 6.46. The first kappa shape index (κ1) is 25.9. The van der Waals surface area contributed by atoms with Crippen molar-refractivity contribution in [2.45, 2.75) is 18.8 Å². The molecule has 0 aliphatic carbocycles. The van der Waals surface area contributed by atoms with Gasteiger partial charge < -0.3 is 19.9 Å². The number of hydrogen-bond acceptors (Lipinski definition) is 4. The van der Waals surface area contributed by atoms with E-state index < -0.39 is 11.9 Å². The van der Waals surface area contributed by atoms with Crippen LogP contribution in [0.3, 0.4) is 0 Å². The highest BCUT2D eigenvalue weighted by Gasteiger charge is 2.29. The lowest BCUT2D eigenvalue weighted by Gasteiger charge is -2.24. The predicted molar refractivity (Wildman–Crippen MR) is 141 cm³/mol. The van der Waals surface area contributed by atoms with Gasteiger partial charge in [-0.15, -0.1) is 0 Å². The van der Waals surface area contributed by atoms with Gasteiger partial charge in [0.25, 0.3) is 5.91 Å². The summed E-state index contributed by atoms with van der Waals surface area (Å²) in [6.07, 6.45) is 4.83. The standard InChI is InChI=1S/C27H22Cl3NO5/c28-18-7-4-16(22(29)13-18)3-1-2-11-31-26(32)17-5-8-19(9-6-17)36-25-15-24-21(14-23(25)30)20(27(33)34)10-12-35-24/h1,3-9,13-15,20H,2,10-12H2,(H,31,32)(H,33,34)/b3-1-. The van der Waals surface area contributed by atoms with E-state index in [2.05, 4.69) is 5.32 Å². The lowest BCUT2D eigenvalue weighted by molar-refractivity contribution is -0.139. The number of carboxylic acids is 1. The van der Waals surface area contributed by atoms with E-state index in [1.807, 2.05) is 18.2 Å². The number of carbonyl (C=O) groups is 2. The van der Waals surface area contributed by atoms with Crippen LogP contribution in [0.2, 0.25) is 15.1 Å². The number of amides is 1. The fraction of sp³-hybridized carbons (Fsp3) is 0.185. The summed E-state index contributed by atoms with van der Waals surface area (Å²) >= 11 is 18.4. The Balaban J connectivity index is 1.32. The number of aliphatic carboxylic acids is 1. The first-order valence-corrected chi connectivity index (χ1v) is 12.3. The van der Waals surface area contributed by atoms with Gasteiger partial charge in [0.1, 0.15) is 17.2 Å². The maximum atomic E-state index is 12.4. The van der Waals surface area contributed by atoms with Crippen LogP contribution in [0, 0.1) is 0 Å². The van der Waals surface area contributed by atoms with Gasteiger partial charge in [0.05, 0.1) is 17.5 Å². The van der Waals surface area contributed by atoms with Crippen molar-refractivity contribution >= 4 is 52.8 Å². The van der Waals surface area contributed by atoms with E-state index in [9.17, 15) is 14.7 Å². The van der Waals surface area contributed by atoms with Crippen molar-refractivity contribution in [1.82, 2.24) is 5.32 Å². The molecular weight excluding hydrogens is 525 g/mol. The lowest BCUT2D eigenvalue weighted by atomic mass is 9.93. The molecule has 3 aromatic carbocycles. The molecule has 0 saturated heterocycles. The number of halogens is 3. The normalized spacial score (nSPS) is 14.7. The van der Waals surface area contributed by atoms with Gasteiger partial charge in [0, 0.05) is 33.8 Å². The largest absolute Gasteiger partial charge is 0.493 e. The van der Waals surface area contributed by atoms with Crippen molar-refractivity contribution in [1.29, 1.82) is 0 Å². The number of ether oxygens (including phenoxy) is 2. The zero-order chi connectivity index (χ0) is 25.7. The van der Waals surface area contributed by atoms with E-state index in [4.69, 9.17) is 44.3 Å². The van der Waals surface area contributed by atoms with Crippen molar-refractivity contribution in [3.8, 4) is 17.2 Å². The van der Waals surface area contributed by atoms with Crippen molar-refractivity contribution in [2.24, 2.45) is 0 Å². The molecule has 0 radical (unpaired) electrons. The Bertz CT molecular complexity index is 1310. The van der Waals surface area contributed by atoms with Gasteiger partial charge in [0.2, 0.25) is 0 Å². The molecule has 2 N–H and O–H groups in total. The van der Waals surface area contributed by atoms with Crippen LogP contribution < -0.4 is 14.8 Å². The van der Waals surface area contributed by atoms with Gasteiger partial charge in [-0.2, -0.15) is 0 Å². The molecular formula is C27H22Cl3NO5. The maximum Gasteiger partial charge on any atom is 0.311 e. The molecule has 0 saturated carbocycles. The maximum absolute atomic E-state index is 12.4. The molecule has 1 amide bonds. The van der Waals surface area contributed by atoms with Crippen molar-refractivity contribution < 1.29 is 24.2 Å². The van der Waals surface area contributed by atoms with E-state index in [1.54, 1.807) is 48.5 Å². The van der Waals surface area contributed by atoms with Crippen molar-refractivity contribution in [3.05, 3.63) is 92.4 Å². The summed E-state index contributed by atoms with van der Waals surface area (Å²) < 4.78 is 11.5. The van der Waals surface area contributed by atoms with Crippen molar-refractivity contribution in [2.75, 3.05) is 13.2 Å². The first-order chi connectivity index (χ1) is 17.3. The number of benzene rings is 3. The summed E-state index contributed by atoms with van der Waals surface area (Å²) in [5.74, 6) is -0.534. The number of fused-ring (bicyclic) bond motifs is 1. The molecule has 1 aliphatic rings. The molecule has 0 fully saturated rings. The smallest absolute Gasteiger partial charge is 0.311 e. The van der Waals surface area contributed by atoms with Crippen LogP contribution in [-0.4, -0.2) is 30.1 Å². The van der Waals surface area contributed by atoms with Crippen LogP contribution >= 0.6 is 34.8 Å². The van der Waals surface area contributed by atoms with Crippen LogP contribution in [0.5, 0.6) is 17.2 Å². The zero-order valence-electron chi connectivity index (χ0n) is 19.0. The Morgan fingerprint density at radius 2 is 1.83 bits per heavy atom. The van der Waals surface area contributed by atoms with Gasteiger partial charge in [-0.25, -0.2) is 0 Å². The minimum Gasteiger partial charge on any atom is -0.493 e. The summed E-state index contributed by atoms with van der Waals surface area (Å²) in [5, 5.41) is 13.7. The summed E-state index contributed by atoms with van der Waals surface area (Å²) in [7, 11) is 0. The van der Waals surface area contributed by atoms with Gasteiger partial charge in [-0.05, 0) is 60.9 Å². The second kappa shape index (κ2) is 11.7. The van der Waals surface area contributed by atoms with E-state index in [0.29, 0.717) is 64.4 Å². The van der Waals surface area contributed by atoms with Gasteiger partial charge >= 0.3 is 5.97 Å². The SMILES string of the molecule is O=C(NCC/C=C\c1ccc(Cl)cc1Cl)c1ccc(Oc2cc3c(cc2Cl)C(C(=O)O)CCO3)cc1. The highest BCUT2D eigenvalue weighted by molar-refractivity contribution is 6.35. The number of hydrogen-bond donors (Lipinski definition) is 2. The predicted octanol–water partition coefficient (Wildman–Crippen LogP) is 7.22. The van der Waals surface area contributed by atoms with E-state index in [0.717, 1.165) is 5.56 Å². The first-order valence-electron chi connectivity index (χ1n) is 11.2. The topological polar surface area (TPSA) is 84.9 Å². The average Bonchev–Trinajstić information content (AvgIpc) is 2.85. The molecule has 0 bridgehead atoms. The Kier molecular flexibility index (Phi) is 8.41. The van der Waals surface area contributed by atoms with E-state index >= 15 is 0 Å². The molecule has 1 aliphatic heterocycles. The molecule has 4 rings (SSSR count). The molecule has 6 nitrogen and oxygen atoms in total. The molecule has 1 atom stereocenters. The van der Waals surface area contributed by atoms with Crippen LogP contribution in [0.1, 0.15) is 40.2 Å². The van der Waals surface area contributed by atoms with E-state index in [-0.39, 0.29) is 10.9 Å². The summed E-state index contributed by atoms with van der Waals surface area (Å²) in [4.78, 5) is 23.9. The number of rotatable bonds is 8. The molecule has 36 heavy (non-hydrogen) atoms. The minimum absolute atomic E-state index is 0.209. The Morgan fingerprint density at radius 3 is 2.56 bits per heavy atom. The van der Waals surface area contributed by atoms with Crippen LogP contribution in [0.25, 0.3) is 6.08 Å². The molecule has 9 heteroatoms. The number of carbonyl (C=O) groups excluding carboxylic acids is 1. The van der Waals surface area contributed by atoms with Crippen LogP contribution in [0.4, 0.5) is 0 Å². The van der Waals surface area contributed by atoms with Crippen molar-refractivity contribution in [3.63, 3.8) is 0 Å². The van der Waals surface area contributed by atoms with E-state index in [1.165, 1.54) is 0 Å². The molecule has 0 spiro atoms. The fourth-order valence-corrected chi connectivity index (χ4v) is 4.43. The number of nitrogens with one attached hydrogen (secondary N) is 1. The second-order valence-electron chi connectivity index (χ2n) is 8.09. The summed E-state index contributed by atoms with van der Waals surface area (Å²) in [5.41, 5.74) is 1.87. The molecule has 186 valence electrons. The lowest BCUT2D eigenvalue weighted by Crippen LogP contribution is -2.23. The number of carboxylic acid groups (broad SMARTS) is 1. The average molecular weight is 547 g/mol. The van der Waals surface area contributed by atoms with Gasteiger partial charge in [-0.1, -0.05) is 53.0 Å². The quantitative estimate of drug-likeness (QED) is 0.291. The Morgan fingerprint density at radius 1 is 1.06 bits per heavy atom. The Hall–Kier alpha value is -3.19. The molecule has 3 aromatic rings. The highest BCUT2D eigenvalue weighted by Crippen LogP contribution is 2.41. The second-order valence-corrected chi connectivity index (χ2v) is 9.34.